The van der Waals surface area contributed by atoms with Crippen molar-refractivity contribution < 1.29 is 14.0 Å². The van der Waals surface area contributed by atoms with Crippen LogP contribution < -0.4 is 10.6 Å². The van der Waals surface area contributed by atoms with E-state index in [9.17, 15) is 14.0 Å². The molecule has 1 aliphatic rings. The summed E-state index contributed by atoms with van der Waals surface area (Å²) in [7, 11) is 0. The average Bonchev–Trinajstić information content (AvgIpc) is 3.03. The van der Waals surface area contributed by atoms with E-state index < -0.39 is 5.91 Å². The Labute approximate surface area is 167 Å². The molecule has 0 saturated heterocycles. The smallest absolute Gasteiger partial charge is 0.249 e. The molecular formula is C22H21FN4O2. The number of hydrogen-bond acceptors (Lipinski definition) is 3. The number of halogens is 1. The number of anilines is 1. The van der Waals surface area contributed by atoms with Gasteiger partial charge in [0, 0.05) is 24.2 Å². The van der Waals surface area contributed by atoms with E-state index in [1.54, 1.807) is 33.8 Å². The minimum atomic E-state index is -0.534. The van der Waals surface area contributed by atoms with Crippen LogP contribution in [-0.4, -0.2) is 28.1 Å². The number of nitrogens with zero attached hydrogens (tertiary/aromatic N) is 3. The van der Waals surface area contributed by atoms with Crippen molar-refractivity contribution in [1.29, 1.82) is 0 Å². The zero-order valence-corrected chi connectivity index (χ0v) is 16.1. The Bertz CT molecular complexity index is 1110. The number of carbonyl (C=O) groups excluding carboxylic acids is 2. The number of aryl methyl sites for hydroxylation is 2. The Morgan fingerprint density at radius 3 is 2.69 bits per heavy atom. The van der Waals surface area contributed by atoms with Gasteiger partial charge < -0.3 is 5.73 Å². The van der Waals surface area contributed by atoms with Gasteiger partial charge in [0.2, 0.25) is 11.8 Å². The molecule has 7 heteroatoms. The topological polar surface area (TPSA) is 81.2 Å². The lowest BCUT2D eigenvalue weighted by molar-refractivity contribution is -0.118. The van der Waals surface area contributed by atoms with E-state index in [0.29, 0.717) is 35.6 Å². The summed E-state index contributed by atoms with van der Waals surface area (Å²) in [6, 6.07) is 13.1. The van der Waals surface area contributed by atoms with Gasteiger partial charge in [0.1, 0.15) is 11.6 Å². The number of nitrogens with two attached hydrogens (primary N) is 1. The van der Waals surface area contributed by atoms with E-state index >= 15 is 0 Å². The van der Waals surface area contributed by atoms with E-state index in [2.05, 4.69) is 5.10 Å². The van der Waals surface area contributed by atoms with Crippen LogP contribution in [0.4, 0.5) is 10.2 Å². The van der Waals surface area contributed by atoms with Crippen molar-refractivity contribution >= 4 is 17.6 Å². The second-order valence-electron chi connectivity index (χ2n) is 7.12. The average molecular weight is 392 g/mol. The Kier molecular flexibility index (Phi) is 4.88. The fraction of sp³-hybridized carbons (Fsp3) is 0.227. The zero-order chi connectivity index (χ0) is 20.5. The van der Waals surface area contributed by atoms with Crippen LogP contribution in [0.25, 0.3) is 11.1 Å². The minimum Gasteiger partial charge on any atom is -0.366 e. The number of hydrogen-bond donors (Lipinski definition) is 1. The molecule has 29 heavy (non-hydrogen) atoms. The second-order valence-corrected chi connectivity index (χ2v) is 7.12. The fourth-order valence-corrected chi connectivity index (χ4v) is 3.88. The SMILES string of the molecule is Cc1nn2c(c1-c1ccccc1C(N)=O)N(C(=O)Cc1cccc(F)c1)CCC2. The van der Waals surface area contributed by atoms with Crippen LogP contribution in [0.15, 0.2) is 48.5 Å². The lowest BCUT2D eigenvalue weighted by Gasteiger charge is -2.29. The van der Waals surface area contributed by atoms with Crippen molar-refractivity contribution in [1.82, 2.24) is 9.78 Å². The Balaban J connectivity index is 1.78. The van der Waals surface area contributed by atoms with Gasteiger partial charge >= 0.3 is 0 Å². The number of rotatable bonds is 4. The molecule has 6 nitrogen and oxygen atoms in total. The van der Waals surface area contributed by atoms with Crippen LogP contribution in [-0.2, 0) is 17.8 Å². The molecule has 2 heterocycles. The van der Waals surface area contributed by atoms with Gasteiger partial charge in [-0.25, -0.2) is 9.07 Å². The molecule has 0 saturated carbocycles. The fourth-order valence-electron chi connectivity index (χ4n) is 3.88. The first kappa shape index (κ1) is 18.9. The Hall–Kier alpha value is -3.48. The summed E-state index contributed by atoms with van der Waals surface area (Å²) >= 11 is 0. The van der Waals surface area contributed by atoms with Crippen molar-refractivity contribution in [2.24, 2.45) is 5.73 Å². The highest BCUT2D eigenvalue weighted by Crippen LogP contribution is 2.38. The molecule has 1 aromatic heterocycles. The quantitative estimate of drug-likeness (QED) is 0.741. The molecule has 0 bridgehead atoms. The summed E-state index contributed by atoms with van der Waals surface area (Å²) in [5, 5.41) is 4.59. The van der Waals surface area contributed by atoms with Crippen LogP contribution >= 0.6 is 0 Å². The summed E-state index contributed by atoms with van der Waals surface area (Å²) in [6.45, 7) is 3.07. The van der Waals surface area contributed by atoms with Crippen LogP contribution in [0.3, 0.4) is 0 Å². The molecule has 0 fully saturated rings. The van der Waals surface area contributed by atoms with Crippen molar-refractivity contribution in [3.63, 3.8) is 0 Å². The van der Waals surface area contributed by atoms with Gasteiger partial charge in [0.25, 0.3) is 0 Å². The van der Waals surface area contributed by atoms with Gasteiger partial charge in [0.15, 0.2) is 0 Å². The largest absolute Gasteiger partial charge is 0.366 e. The molecule has 0 aliphatic carbocycles. The monoisotopic (exact) mass is 392 g/mol. The number of carbonyl (C=O) groups is 2. The van der Waals surface area contributed by atoms with Crippen LogP contribution in [0, 0.1) is 12.7 Å². The number of primary amides is 1. The highest BCUT2D eigenvalue weighted by Gasteiger charge is 2.30. The van der Waals surface area contributed by atoms with Gasteiger partial charge in [-0.2, -0.15) is 5.10 Å². The summed E-state index contributed by atoms with van der Waals surface area (Å²) in [4.78, 5) is 26.8. The summed E-state index contributed by atoms with van der Waals surface area (Å²) < 4.78 is 15.3. The molecule has 2 aromatic carbocycles. The Morgan fingerprint density at radius 1 is 1.14 bits per heavy atom. The normalized spacial score (nSPS) is 13.2. The maximum atomic E-state index is 13.5. The maximum absolute atomic E-state index is 13.5. The third-order valence-corrected chi connectivity index (χ3v) is 5.12. The first-order valence-electron chi connectivity index (χ1n) is 9.47. The van der Waals surface area contributed by atoms with Crippen molar-refractivity contribution in [2.45, 2.75) is 26.3 Å². The highest BCUT2D eigenvalue weighted by molar-refractivity contribution is 6.04. The van der Waals surface area contributed by atoms with E-state index in [1.807, 2.05) is 19.1 Å². The molecule has 4 rings (SSSR count). The summed E-state index contributed by atoms with van der Waals surface area (Å²) in [5.41, 5.74) is 8.68. The van der Waals surface area contributed by atoms with Gasteiger partial charge in [-0.15, -0.1) is 0 Å². The van der Waals surface area contributed by atoms with Crippen LogP contribution in [0.2, 0.25) is 0 Å². The van der Waals surface area contributed by atoms with E-state index in [4.69, 9.17) is 5.73 Å². The zero-order valence-electron chi connectivity index (χ0n) is 16.1. The van der Waals surface area contributed by atoms with Gasteiger partial charge in [-0.05, 0) is 42.7 Å². The Morgan fingerprint density at radius 2 is 1.93 bits per heavy atom. The van der Waals surface area contributed by atoms with Gasteiger partial charge in [-0.1, -0.05) is 30.3 Å². The minimum absolute atomic E-state index is 0.0822. The number of amides is 2. The lowest BCUT2D eigenvalue weighted by atomic mass is 9.98. The summed E-state index contributed by atoms with van der Waals surface area (Å²) in [6.07, 6.45) is 0.846. The predicted molar refractivity (Wildman–Crippen MR) is 108 cm³/mol. The molecule has 2 N–H and O–H groups in total. The van der Waals surface area contributed by atoms with Crippen molar-refractivity contribution in [3.8, 4) is 11.1 Å². The molecule has 0 spiro atoms. The third kappa shape index (κ3) is 3.51. The molecule has 0 atom stereocenters. The standard InChI is InChI=1S/C22H21FN4O2/c1-14-20(17-8-2-3-9-18(17)21(24)29)22-26(10-5-11-27(22)25-14)19(28)13-15-6-4-7-16(23)12-15/h2-4,6-9,12H,5,10-11,13H2,1H3,(H2,24,29). The first-order valence-corrected chi connectivity index (χ1v) is 9.47. The predicted octanol–water partition coefficient (Wildman–Crippen LogP) is 3.08. The van der Waals surface area contributed by atoms with E-state index in [-0.39, 0.29) is 18.1 Å². The third-order valence-electron chi connectivity index (χ3n) is 5.12. The number of fused-ring (bicyclic) bond motifs is 1. The summed E-state index contributed by atoms with van der Waals surface area (Å²) in [5.74, 6) is -0.391. The highest BCUT2D eigenvalue weighted by atomic mass is 19.1. The maximum Gasteiger partial charge on any atom is 0.249 e. The molecule has 1 aliphatic heterocycles. The van der Waals surface area contributed by atoms with Crippen molar-refractivity contribution in [2.75, 3.05) is 11.4 Å². The first-order chi connectivity index (χ1) is 14.0. The van der Waals surface area contributed by atoms with Crippen molar-refractivity contribution in [3.05, 3.63) is 71.2 Å². The van der Waals surface area contributed by atoms with Crippen LogP contribution in [0.1, 0.15) is 28.0 Å². The van der Waals surface area contributed by atoms with Gasteiger partial charge in [-0.3, -0.25) is 14.5 Å². The molecule has 2 amide bonds. The number of aromatic nitrogens is 2. The van der Waals surface area contributed by atoms with E-state index in [1.165, 1.54) is 12.1 Å². The van der Waals surface area contributed by atoms with E-state index in [0.717, 1.165) is 17.7 Å². The molecule has 0 radical (unpaired) electrons. The van der Waals surface area contributed by atoms with Gasteiger partial charge in [0.05, 0.1) is 12.1 Å². The molecule has 3 aromatic rings. The molecular weight excluding hydrogens is 371 g/mol. The van der Waals surface area contributed by atoms with Crippen LogP contribution in [0.5, 0.6) is 0 Å². The number of benzene rings is 2. The molecule has 0 unspecified atom stereocenters. The lowest BCUT2D eigenvalue weighted by Crippen LogP contribution is -2.38. The second kappa shape index (κ2) is 7.50. The molecule has 148 valence electrons.